The summed E-state index contributed by atoms with van der Waals surface area (Å²) in [5.41, 5.74) is 1.62. The van der Waals surface area contributed by atoms with E-state index in [0.29, 0.717) is 10.9 Å². The quantitative estimate of drug-likeness (QED) is 0.728. The Morgan fingerprint density at radius 3 is 2.86 bits per heavy atom. The van der Waals surface area contributed by atoms with Crippen LogP contribution in [0.3, 0.4) is 0 Å². The van der Waals surface area contributed by atoms with Gasteiger partial charge in [0.2, 0.25) is 5.91 Å². The highest BCUT2D eigenvalue weighted by atomic mass is 32.2. The molecule has 0 radical (unpaired) electrons. The van der Waals surface area contributed by atoms with Crippen molar-refractivity contribution in [1.82, 2.24) is 14.6 Å². The summed E-state index contributed by atoms with van der Waals surface area (Å²) in [4.78, 5) is 13.2. The second kappa shape index (κ2) is 6.85. The van der Waals surface area contributed by atoms with Crippen LogP contribution in [0, 0.1) is 0 Å². The normalized spacial score (nSPS) is 10.8. The summed E-state index contributed by atoms with van der Waals surface area (Å²) in [6.07, 6.45) is 3.88. The summed E-state index contributed by atoms with van der Waals surface area (Å²) in [6, 6.07) is 13.5. The van der Waals surface area contributed by atoms with Crippen molar-refractivity contribution in [3.63, 3.8) is 0 Å². The van der Waals surface area contributed by atoms with Crippen molar-refractivity contribution >= 4 is 40.8 Å². The molecule has 7 heteroatoms. The zero-order valence-electron chi connectivity index (χ0n) is 11.9. The molecule has 1 N–H and O–H groups in total. The van der Waals surface area contributed by atoms with Gasteiger partial charge in [-0.05, 0) is 30.5 Å². The van der Waals surface area contributed by atoms with E-state index in [2.05, 4.69) is 15.5 Å². The molecule has 112 valence electrons. The molecule has 5 nitrogen and oxygen atoms in total. The van der Waals surface area contributed by atoms with Crippen LogP contribution in [0.15, 0.2) is 58.7 Å². The molecule has 0 bridgehead atoms. The molecule has 0 aliphatic rings. The van der Waals surface area contributed by atoms with Crippen molar-refractivity contribution < 1.29 is 4.79 Å². The lowest BCUT2D eigenvalue weighted by Gasteiger charge is -2.08. The Bertz CT molecular complexity index is 803. The van der Waals surface area contributed by atoms with E-state index in [0.717, 1.165) is 16.2 Å². The van der Waals surface area contributed by atoms with Crippen molar-refractivity contribution in [3.8, 4) is 0 Å². The van der Waals surface area contributed by atoms with E-state index >= 15 is 0 Å². The number of carbonyl (C=O) groups excluding carboxylic acids is 1. The van der Waals surface area contributed by atoms with Crippen LogP contribution in [-0.2, 0) is 4.79 Å². The van der Waals surface area contributed by atoms with Crippen LogP contribution in [0.2, 0.25) is 0 Å². The Morgan fingerprint density at radius 1 is 1.18 bits per heavy atom. The van der Waals surface area contributed by atoms with E-state index in [9.17, 15) is 4.79 Å². The molecule has 0 aliphatic carbocycles. The van der Waals surface area contributed by atoms with Gasteiger partial charge < -0.3 is 5.32 Å². The lowest BCUT2D eigenvalue weighted by atomic mass is 10.3. The molecule has 0 saturated heterocycles. The van der Waals surface area contributed by atoms with Crippen LogP contribution < -0.4 is 5.32 Å². The first-order valence-corrected chi connectivity index (χ1v) is 8.84. The third-order valence-corrected chi connectivity index (χ3v) is 4.73. The van der Waals surface area contributed by atoms with Crippen molar-refractivity contribution in [2.24, 2.45) is 0 Å². The Hall–Kier alpha value is -1.99. The van der Waals surface area contributed by atoms with Gasteiger partial charge in [0.15, 0.2) is 10.8 Å². The van der Waals surface area contributed by atoms with Gasteiger partial charge in [-0.1, -0.05) is 30.0 Å². The highest BCUT2D eigenvalue weighted by molar-refractivity contribution is 7.99. The minimum atomic E-state index is -0.0563. The lowest BCUT2D eigenvalue weighted by molar-refractivity contribution is -0.113. The van der Waals surface area contributed by atoms with Gasteiger partial charge in [-0.2, -0.15) is 0 Å². The molecule has 0 unspecified atom stereocenters. The maximum Gasteiger partial charge on any atom is 0.234 e. The molecule has 22 heavy (non-hydrogen) atoms. The van der Waals surface area contributed by atoms with E-state index < -0.39 is 0 Å². The zero-order chi connectivity index (χ0) is 15.4. The van der Waals surface area contributed by atoms with Crippen LogP contribution in [-0.4, -0.2) is 32.5 Å². The molecule has 0 spiro atoms. The summed E-state index contributed by atoms with van der Waals surface area (Å²) in [5.74, 6) is 0.234. The first kappa shape index (κ1) is 14.9. The van der Waals surface area contributed by atoms with Crippen molar-refractivity contribution in [2.75, 3.05) is 17.3 Å². The van der Waals surface area contributed by atoms with Crippen LogP contribution in [0.5, 0.6) is 0 Å². The first-order valence-electron chi connectivity index (χ1n) is 6.63. The summed E-state index contributed by atoms with van der Waals surface area (Å²) < 4.78 is 1.87. The van der Waals surface area contributed by atoms with Crippen molar-refractivity contribution in [2.45, 2.75) is 10.1 Å². The average molecular weight is 330 g/mol. The summed E-state index contributed by atoms with van der Waals surface area (Å²) in [7, 11) is 0. The number of thioether (sulfide) groups is 2. The van der Waals surface area contributed by atoms with Crippen LogP contribution >= 0.6 is 23.5 Å². The van der Waals surface area contributed by atoms with Crippen molar-refractivity contribution in [1.29, 1.82) is 0 Å². The van der Waals surface area contributed by atoms with Crippen molar-refractivity contribution in [3.05, 3.63) is 48.7 Å². The molecule has 1 aromatic carbocycles. The number of nitrogens with zero attached hydrogens (tertiary/aromatic N) is 3. The van der Waals surface area contributed by atoms with Gasteiger partial charge in [-0.15, -0.1) is 22.0 Å². The maximum atomic E-state index is 12.1. The number of amides is 1. The molecule has 0 fully saturated rings. The smallest absolute Gasteiger partial charge is 0.234 e. The highest BCUT2D eigenvalue weighted by Crippen LogP contribution is 2.25. The summed E-state index contributed by atoms with van der Waals surface area (Å²) >= 11 is 2.98. The Kier molecular flexibility index (Phi) is 4.65. The molecule has 0 atom stereocenters. The van der Waals surface area contributed by atoms with Crippen LogP contribution in [0.25, 0.3) is 5.65 Å². The third kappa shape index (κ3) is 3.26. The van der Waals surface area contributed by atoms with E-state index in [1.807, 2.05) is 59.3 Å². The second-order valence-electron chi connectivity index (χ2n) is 4.45. The minimum absolute atomic E-state index is 0.0563. The third-order valence-electron chi connectivity index (χ3n) is 3.00. The van der Waals surface area contributed by atoms with E-state index in [1.54, 1.807) is 11.8 Å². The number of fused-ring (bicyclic) bond motifs is 1. The molecule has 2 heterocycles. The van der Waals surface area contributed by atoms with Gasteiger partial charge in [-0.3, -0.25) is 9.20 Å². The Labute approximate surface area is 136 Å². The molecular formula is C15H14N4OS2. The number of rotatable bonds is 5. The first-order chi connectivity index (χ1) is 10.8. The number of hydrogen-bond donors (Lipinski definition) is 1. The maximum absolute atomic E-state index is 12.1. The molecule has 3 rings (SSSR count). The fraction of sp³-hybridized carbons (Fsp3) is 0.133. The Balaban J connectivity index is 1.65. The van der Waals surface area contributed by atoms with Gasteiger partial charge in [0, 0.05) is 11.1 Å². The number of aromatic nitrogens is 3. The number of pyridine rings is 1. The number of nitrogens with one attached hydrogen (secondary N) is 1. The number of carbonyl (C=O) groups is 1. The number of anilines is 1. The van der Waals surface area contributed by atoms with Gasteiger partial charge in [-0.25, -0.2) is 0 Å². The standard InChI is InChI=1S/C15H14N4OS2/c1-21-12-7-3-2-6-11(12)16-14(20)10-22-15-18-17-13-8-4-5-9-19(13)15/h2-9H,10H2,1H3,(H,16,20). The van der Waals surface area contributed by atoms with Gasteiger partial charge in [0.05, 0.1) is 11.4 Å². The molecular weight excluding hydrogens is 316 g/mol. The van der Waals surface area contributed by atoms with Crippen LogP contribution in [0.4, 0.5) is 5.69 Å². The zero-order valence-corrected chi connectivity index (χ0v) is 13.5. The van der Waals surface area contributed by atoms with E-state index in [1.165, 1.54) is 11.8 Å². The monoisotopic (exact) mass is 330 g/mol. The van der Waals surface area contributed by atoms with E-state index in [4.69, 9.17) is 0 Å². The predicted octanol–water partition coefficient (Wildman–Crippen LogP) is 3.18. The number of benzene rings is 1. The average Bonchev–Trinajstić information content (AvgIpc) is 2.97. The van der Waals surface area contributed by atoms with Gasteiger partial charge in [0.1, 0.15) is 0 Å². The topological polar surface area (TPSA) is 59.3 Å². The Morgan fingerprint density at radius 2 is 2.00 bits per heavy atom. The molecule has 2 aromatic heterocycles. The predicted molar refractivity (Wildman–Crippen MR) is 90.6 cm³/mol. The SMILES string of the molecule is CSc1ccccc1NC(=O)CSc1nnc2ccccn12. The largest absolute Gasteiger partial charge is 0.324 e. The highest BCUT2D eigenvalue weighted by Gasteiger charge is 2.10. The van der Waals surface area contributed by atoms with Gasteiger partial charge >= 0.3 is 0 Å². The number of para-hydroxylation sites is 1. The minimum Gasteiger partial charge on any atom is -0.324 e. The molecule has 1 amide bonds. The fourth-order valence-corrected chi connectivity index (χ4v) is 3.26. The lowest BCUT2D eigenvalue weighted by Crippen LogP contribution is -2.14. The van der Waals surface area contributed by atoms with Crippen LogP contribution in [0.1, 0.15) is 0 Å². The molecule has 0 saturated carbocycles. The summed E-state index contributed by atoms with van der Waals surface area (Å²) in [6.45, 7) is 0. The van der Waals surface area contributed by atoms with E-state index in [-0.39, 0.29) is 5.91 Å². The summed E-state index contributed by atoms with van der Waals surface area (Å²) in [5, 5.41) is 11.8. The molecule has 0 aliphatic heterocycles. The second-order valence-corrected chi connectivity index (χ2v) is 6.24. The molecule has 3 aromatic rings. The van der Waals surface area contributed by atoms with Gasteiger partial charge in [0.25, 0.3) is 0 Å². The fourth-order valence-electron chi connectivity index (χ4n) is 1.98. The number of hydrogen-bond acceptors (Lipinski definition) is 5.